The number of fused-ring (bicyclic) bond motifs is 3. The third-order valence-corrected chi connectivity index (χ3v) is 6.63. The molecule has 0 aromatic rings. The fraction of sp³-hybridized carbons (Fsp3) is 0.952. The molecule has 1 saturated heterocycles. The zero-order valence-electron chi connectivity index (χ0n) is 17.2. The first kappa shape index (κ1) is 21.5. The van der Waals surface area contributed by atoms with Gasteiger partial charge >= 0.3 is 0 Å². The maximum atomic E-state index is 12.6. The summed E-state index contributed by atoms with van der Waals surface area (Å²) in [6.45, 7) is 12.5. The molecule has 4 aliphatic rings. The Bertz CT molecular complexity index is 348. The van der Waals surface area contributed by atoms with Gasteiger partial charge in [0.2, 0.25) is 5.91 Å². The second-order valence-corrected chi connectivity index (χ2v) is 7.70. The lowest BCUT2D eigenvalue weighted by atomic mass is 9.56. The van der Waals surface area contributed by atoms with Crippen molar-refractivity contribution in [2.24, 2.45) is 11.3 Å². The van der Waals surface area contributed by atoms with Crippen molar-refractivity contribution in [3.8, 4) is 0 Å². The molecule has 1 aliphatic heterocycles. The number of nitrogens with one attached hydrogen (secondary N) is 1. The van der Waals surface area contributed by atoms with Crippen LogP contribution in [0.15, 0.2) is 0 Å². The predicted octanol–water partition coefficient (Wildman–Crippen LogP) is 5.00. The Morgan fingerprint density at radius 3 is 1.83 bits per heavy atom. The molecule has 0 unspecified atom stereocenters. The molecule has 1 N–H and O–H groups in total. The molecule has 3 aliphatic carbocycles. The van der Waals surface area contributed by atoms with Crippen LogP contribution in [-0.4, -0.2) is 36.5 Å². The SMILES string of the molecule is CC.CC.CCC12CCC(NC(=O)C3CCN(C)CC3)(CC1)CC2. The van der Waals surface area contributed by atoms with Crippen molar-refractivity contribution >= 4 is 5.91 Å². The Labute approximate surface area is 151 Å². The minimum Gasteiger partial charge on any atom is -0.350 e. The summed E-state index contributed by atoms with van der Waals surface area (Å²) in [5, 5.41) is 3.49. The molecule has 4 fully saturated rings. The van der Waals surface area contributed by atoms with E-state index in [4.69, 9.17) is 0 Å². The highest BCUT2D eigenvalue weighted by Gasteiger charge is 2.48. The summed E-state index contributed by atoms with van der Waals surface area (Å²) in [6, 6.07) is 0. The lowest BCUT2D eigenvalue weighted by Crippen LogP contribution is -2.58. The lowest BCUT2D eigenvalue weighted by molar-refractivity contribution is -0.130. The summed E-state index contributed by atoms with van der Waals surface area (Å²) in [7, 11) is 2.15. The van der Waals surface area contributed by atoms with E-state index in [2.05, 4.69) is 24.2 Å². The number of carbonyl (C=O) groups is 1. The van der Waals surface area contributed by atoms with Crippen LogP contribution in [0.5, 0.6) is 0 Å². The van der Waals surface area contributed by atoms with E-state index in [0.29, 0.717) is 11.3 Å². The van der Waals surface area contributed by atoms with Crippen LogP contribution in [0, 0.1) is 11.3 Å². The Hall–Kier alpha value is -0.570. The van der Waals surface area contributed by atoms with Crippen LogP contribution in [0.3, 0.4) is 0 Å². The first-order chi connectivity index (χ1) is 11.6. The molecular weight excluding hydrogens is 296 g/mol. The monoisotopic (exact) mass is 338 g/mol. The summed E-state index contributed by atoms with van der Waals surface area (Å²) in [6.07, 6.45) is 11.1. The number of carbonyl (C=O) groups excluding carboxylic acids is 1. The summed E-state index contributed by atoms with van der Waals surface area (Å²) in [4.78, 5) is 14.9. The number of hydrogen-bond acceptors (Lipinski definition) is 2. The molecule has 0 atom stereocenters. The van der Waals surface area contributed by atoms with E-state index in [0.717, 1.165) is 25.9 Å². The van der Waals surface area contributed by atoms with Crippen molar-refractivity contribution in [2.45, 2.75) is 97.9 Å². The third kappa shape index (κ3) is 4.97. The van der Waals surface area contributed by atoms with Crippen LogP contribution in [0.1, 0.15) is 92.4 Å². The van der Waals surface area contributed by atoms with E-state index >= 15 is 0 Å². The van der Waals surface area contributed by atoms with Gasteiger partial charge in [0.05, 0.1) is 0 Å². The molecule has 3 saturated carbocycles. The Morgan fingerprint density at radius 2 is 1.42 bits per heavy atom. The minimum absolute atomic E-state index is 0.164. The van der Waals surface area contributed by atoms with Gasteiger partial charge in [-0.15, -0.1) is 0 Å². The highest BCUT2D eigenvalue weighted by Crippen LogP contribution is 2.54. The van der Waals surface area contributed by atoms with Gasteiger partial charge in [0.1, 0.15) is 0 Å². The molecule has 142 valence electrons. The fourth-order valence-electron chi connectivity index (χ4n) is 4.62. The molecule has 1 heterocycles. The zero-order valence-corrected chi connectivity index (χ0v) is 17.2. The fourth-order valence-corrected chi connectivity index (χ4v) is 4.62. The molecule has 0 aromatic carbocycles. The number of piperidine rings is 1. The summed E-state index contributed by atoms with van der Waals surface area (Å²) in [5.41, 5.74) is 0.789. The number of likely N-dealkylation sites (tertiary alicyclic amines) is 1. The van der Waals surface area contributed by atoms with Crippen molar-refractivity contribution in [1.82, 2.24) is 10.2 Å². The van der Waals surface area contributed by atoms with E-state index < -0.39 is 0 Å². The first-order valence-electron chi connectivity index (χ1n) is 10.6. The maximum Gasteiger partial charge on any atom is 0.223 e. The van der Waals surface area contributed by atoms with E-state index in [1.165, 1.54) is 44.9 Å². The van der Waals surface area contributed by atoms with Gasteiger partial charge in [0, 0.05) is 11.5 Å². The quantitative estimate of drug-likeness (QED) is 0.785. The van der Waals surface area contributed by atoms with Gasteiger partial charge in [-0.25, -0.2) is 0 Å². The molecule has 2 bridgehead atoms. The first-order valence-corrected chi connectivity index (χ1v) is 10.6. The second-order valence-electron chi connectivity index (χ2n) is 7.70. The van der Waals surface area contributed by atoms with E-state index in [-0.39, 0.29) is 11.5 Å². The van der Waals surface area contributed by atoms with Crippen LogP contribution in [0.4, 0.5) is 0 Å². The van der Waals surface area contributed by atoms with Crippen LogP contribution >= 0.6 is 0 Å². The Balaban J connectivity index is 0.000000671. The molecular formula is C21H42N2O. The highest BCUT2D eigenvalue weighted by molar-refractivity contribution is 5.79. The Kier molecular flexibility index (Phi) is 8.76. The molecule has 3 nitrogen and oxygen atoms in total. The largest absolute Gasteiger partial charge is 0.350 e. The third-order valence-electron chi connectivity index (χ3n) is 6.63. The summed E-state index contributed by atoms with van der Waals surface area (Å²) < 4.78 is 0. The van der Waals surface area contributed by atoms with Gasteiger partial charge in [-0.2, -0.15) is 0 Å². The molecule has 4 rings (SSSR count). The van der Waals surface area contributed by atoms with E-state index in [9.17, 15) is 4.79 Å². The normalized spacial score (nSPS) is 32.9. The highest BCUT2D eigenvalue weighted by atomic mass is 16.2. The van der Waals surface area contributed by atoms with Crippen molar-refractivity contribution < 1.29 is 4.79 Å². The number of nitrogens with zero attached hydrogens (tertiary/aromatic N) is 1. The topological polar surface area (TPSA) is 32.3 Å². The Morgan fingerprint density at radius 1 is 0.958 bits per heavy atom. The van der Waals surface area contributed by atoms with E-state index in [1.807, 2.05) is 27.7 Å². The van der Waals surface area contributed by atoms with Gasteiger partial charge in [-0.05, 0) is 76.9 Å². The van der Waals surface area contributed by atoms with Crippen LogP contribution in [0.2, 0.25) is 0 Å². The second kappa shape index (κ2) is 9.79. The van der Waals surface area contributed by atoms with Crippen molar-refractivity contribution in [3.05, 3.63) is 0 Å². The summed E-state index contributed by atoms with van der Waals surface area (Å²) >= 11 is 0. The average Bonchev–Trinajstić information content (AvgIpc) is 2.67. The molecule has 0 aromatic heterocycles. The lowest BCUT2D eigenvalue weighted by Gasteiger charge is -2.54. The zero-order chi connectivity index (χ0) is 18.2. The van der Waals surface area contributed by atoms with Gasteiger partial charge in [0.25, 0.3) is 0 Å². The van der Waals surface area contributed by atoms with Gasteiger partial charge < -0.3 is 10.2 Å². The number of amides is 1. The van der Waals surface area contributed by atoms with Gasteiger partial charge in [-0.1, -0.05) is 41.0 Å². The average molecular weight is 339 g/mol. The smallest absolute Gasteiger partial charge is 0.223 e. The molecule has 1 amide bonds. The molecule has 0 spiro atoms. The van der Waals surface area contributed by atoms with Crippen molar-refractivity contribution in [3.63, 3.8) is 0 Å². The minimum atomic E-state index is 0.164. The maximum absolute atomic E-state index is 12.6. The standard InChI is InChI=1S/C17H30N2O.2C2H6/c1-3-16-6-9-17(10-7-16,11-8-16)18-15(20)14-4-12-19(2)13-5-14;2*1-2/h14H,3-13H2,1-2H3,(H,18,20);2*1-2H3. The van der Waals surface area contributed by atoms with Gasteiger partial charge in [-0.3, -0.25) is 4.79 Å². The van der Waals surface area contributed by atoms with E-state index in [1.54, 1.807) is 0 Å². The van der Waals surface area contributed by atoms with Crippen LogP contribution < -0.4 is 5.32 Å². The molecule has 24 heavy (non-hydrogen) atoms. The number of hydrogen-bond donors (Lipinski definition) is 1. The van der Waals surface area contributed by atoms with Crippen molar-refractivity contribution in [1.29, 1.82) is 0 Å². The number of rotatable bonds is 3. The molecule has 3 heteroatoms. The summed E-state index contributed by atoms with van der Waals surface area (Å²) in [5.74, 6) is 0.615. The van der Waals surface area contributed by atoms with Gasteiger partial charge in [0.15, 0.2) is 0 Å². The molecule has 0 radical (unpaired) electrons. The van der Waals surface area contributed by atoms with Crippen LogP contribution in [0.25, 0.3) is 0 Å². The predicted molar refractivity (Wildman–Crippen MR) is 104 cm³/mol. The van der Waals surface area contributed by atoms with Crippen LogP contribution in [-0.2, 0) is 4.79 Å². The van der Waals surface area contributed by atoms with Crippen molar-refractivity contribution in [2.75, 3.05) is 20.1 Å².